The molecule has 1 heterocycles. The monoisotopic (exact) mass is 450 g/mol. The third-order valence-electron chi connectivity index (χ3n) is 6.34. The van der Waals surface area contributed by atoms with Gasteiger partial charge in [0.2, 0.25) is 10.0 Å². The number of amides is 1. The van der Waals surface area contributed by atoms with Gasteiger partial charge in [-0.25, -0.2) is 13.2 Å². The van der Waals surface area contributed by atoms with Gasteiger partial charge in [-0.2, -0.15) is 4.31 Å². The molecular formula is C23H34N2O5S. The molecule has 172 valence electrons. The second-order valence-corrected chi connectivity index (χ2v) is 11.2. The Hall–Kier alpha value is -1.93. The fourth-order valence-corrected chi connectivity index (χ4v) is 6.45. The van der Waals surface area contributed by atoms with E-state index in [1.165, 1.54) is 35.0 Å². The molecular weight excluding hydrogens is 416 g/mol. The van der Waals surface area contributed by atoms with E-state index in [1.54, 1.807) is 0 Å². The Kier molecular flexibility index (Phi) is 7.75. The van der Waals surface area contributed by atoms with Gasteiger partial charge in [0.25, 0.3) is 5.91 Å². The second kappa shape index (κ2) is 10.1. The minimum absolute atomic E-state index is 0.0729. The van der Waals surface area contributed by atoms with Crippen LogP contribution >= 0.6 is 0 Å². The van der Waals surface area contributed by atoms with E-state index in [0.717, 1.165) is 25.7 Å². The molecule has 1 aromatic rings. The highest BCUT2D eigenvalue weighted by atomic mass is 32.2. The molecule has 1 aromatic carbocycles. The van der Waals surface area contributed by atoms with Crippen molar-refractivity contribution in [1.29, 1.82) is 0 Å². The van der Waals surface area contributed by atoms with Gasteiger partial charge < -0.3 is 10.1 Å². The number of carbonyl (C=O) groups is 2. The molecule has 2 fully saturated rings. The van der Waals surface area contributed by atoms with Crippen LogP contribution < -0.4 is 5.32 Å². The van der Waals surface area contributed by atoms with Crippen LogP contribution in [0.4, 0.5) is 0 Å². The Morgan fingerprint density at radius 3 is 2.45 bits per heavy atom. The topological polar surface area (TPSA) is 92.8 Å². The lowest BCUT2D eigenvalue weighted by molar-refractivity contribution is -0.125. The number of benzene rings is 1. The third-order valence-corrected chi connectivity index (χ3v) is 8.16. The maximum atomic E-state index is 13.1. The van der Waals surface area contributed by atoms with E-state index in [2.05, 4.69) is 12.2 Å². The predicted molar refractivity (Wildman–Crippen MR) is 118 cm³/mol. The molecule has 0 aromatic heterocycles. The minimum atomic E-state index is -3.69. The number of piperidine rings is 1. The number of carbonyl (C=O) groups excluding carboxylic acids is 2. The van der Waals surface area contributed by atoms with Crippen LogP contribution in [0, 0.1) is 17.8 Å². The highest BCUT2D eigenvalue weighted by molar-refractivity contribution is 7.89. The van der Waals surface area contributed by atoms with Gasteiger partial charge in [0, 0.05) is 19.1 Å². The smallest absolute Gasteiger partial charge is 0.338 e. The summed E-state index contributed by atoms with van der Waals surface area (Å²) in [6.45, 7) is 6.78. The van der Waals surface area contributed by atoms with E-state index >= 15 is 0 Å². The van der Waals surface area contributed by atoms with Gasteiger partial charge in [-0.3, -0.25) is 4.79 Å². The van der Waals surface area contributed by atoms with Crippen molar-refractivity contribution in [1.82, 2.24) is 9.62 Å². The average Bonchev–Trinajstić information content (AvgIpc) is 2.73. The lowest BCUT2D eigenvalue weighted by Gasteiger charge is -2.34. The van der Waals surface area contributed by atoms with Crippen LogP contribution in [0.15, 0.2) is 29.2 Å². The van der Waals surface area contributed by atoms with Gasteiger partial charge in [0.15, 0.2) is 6.61 Å². The van der Waals surface area contributed by atoms with E-state index in [1.807, 2.05) is 13.8 Å². The Labute approximate surface area is 185 Å². The van der Waals surface area contributed by atoms with Crippen LogP contribution in [-0.2, 0) is 19.6 Å². The number of sulfonamides is 1. The van der Waals surface area contributed by atoms with E-state index in [0.29, 0.717) is 19.0 Å². The molecule has 1 amide bonds. The Morgan fingerprint density at radius 2 is 1.77 bits per heavy atom. The molecule has 1 N–H and O–H groups in total. The molecule has 8 heteroatoms. The quantitative estimate of drug-likeness (QED) is 0.672. The molecule has 2 aliphatic rings. The number of nitrogens with zero attached hydrogens (tertiary/aromatic N) is 1. The molecule has 31 heavy (non-hydrogen) atoms. The highest BCUT2D eigenvalue weighted by Crippen LogP contribution is 2.27. The van der Waals surface area contributed by atoms with Gasteiger partial charge in [0.1, 0.15) is 0 Å². The summed E-state index contributed by atoms with van der Waals surface area (Å²) in [5.41, 5.74) is 0.123. The van der Waals surface area contributed by atoms with E-state index in [-0.39, 0.29) is 40.9 Å². The van der Waals surface area contributed by atoms with Crippen molar-refractivity contribution >= 4 is 21.9 Å². The lowest BCUT2D eigenvalue weighted by atomic mass is 9.86. The Bertz CT molecular complexity index is 891. The van der Waals surface area contributed by atoms with Crippen LogP contribution in [0.25, 0.3) is 0 Å². The van der Waals surface area contributed by atoms with Crippen molar-refractivity contribution in [2.45, 2.75) is 63.8 Å². The van der Waals surface area contributed by atoms with Crippen molar-refractivity contribution in [3.8, 4) is 0 Å². The van der Waals surface area contributed by atoms with Crippen LogP contribution in [0.2, 0.25) is 0 Å². The first-order valence-corrected chi connectivity index (χ1v) is 12.7. The molecule has 4 unspecified atom stereocenters. The normalized spacial score (nSPS) is 27.5. The summed E-state index contributed by atoms with van der Waals surface area (Å²) in [7, 11) is -3.69. The lowest BCUT2D eigenvalue weighted by Crippen LogP contribution is -2.43. The van der Waals surface area contributed by atoms with E-state index < -0.39 is 16.0 Å². The number of hydrogen-bond donors (Lipinski definition) is 1. The Morgan fingerprint density at radius 1 is 1.10 bits per heavy atom. The van der Waals surface area contributed by atoms with Crippen LogP contribution in [0.3, 0.4) is 0 Å². The third kappa shape index (κ3) is 6.07. The first kappa shape index (κ1) is 23.7. The fraction of sp³-hybridized carbons (Fsp3) is 0.652. The van der Waals surface area contributed by atoms with Crippen LogP contribution in [-0.4, -0.2) is 50.3 Å². The maximum Gasteiger partial charge on any atom is 0.338 e. The van der Waals surface area contributed by atoms with Gasteiger partial charge >= 0.3 is 5.97 Å². The molecule has 1 saturated heterocycles. The van der Waals surface area contributed by atoms with Gasteiger partial charge in [0.05, 0.1) is 10.5 Å². The van der Waals surface area contributed by atoms with Crippen LogP contribution in [0.1, 0.15) is 63.2 Å². The minimum Gasteiger partial charge on any atom is -0.452 e. The zero-order valence-electron chi connectivity index (χ0n) is 18.7. The predicted octanol–water partition coefficient (Wildman–Crippen LogP) is 3.20. The van der Waals surface area contributed by atoms with Crippen LogP contribution in [0.5, 0.6) is 0 Å². The van der Waals surface area contributed by atoms with Gasteiger partial charge in [-0.15, -0.1) is 0 Å². The second-order valence-electron chi connectivity index (χ2n) is 9.31. The summed E-state index contributed by atoms with van der Waals surface area (Å²) in [5.74, 6) is -0.0407. The van der Waals surface area contributed by atoms with Crippen molar-refractivity contribution in [3.63, 3.8) is 0 Å². The fourth-order valence-electron chi connectivity index (χ4n) is 4.73. The molecule has 1 saturated carbocycles. The van der Waals surface area contributed by atoms with Gasteiger partial charge in [-0.05, 0) is 55.2 Å². The van der Waals surface area contributed by atoms with Crippen molar-refractivity contribution in [3.05, 3.63) is 29.8 Å². The van der Waals surface area contributed by atoms with E-state index in [9.17, 15) is 18.0 Å². The molecule has 1 aliphatic heterocycles. The largest absolute Gasteiger partial charge is 0.452 e. The maximum absolute atomic E-state index is 13.1. The molecule has 7 nitrogen and oxygen atoms in total. The number of nitrogens with one attached hydrogen (secondary N) is 1. The molecule has 3 rings (SSSR count). The number of rotatable bonds is 6. The van der Waals surface area contributed by atoms with Crippen molar-refractivity contribution < 1.29 is 22.7 Å². The first-order valence-electron chi connectivity index (χ1n) is 11.2. The van der Waals surface area contributed by atoms with Crippen molar-refractivity contribution in [2.24, 2.45) is 17.8 Å². The number of ether oxygens (including phenoxy) is 1. The zero-order chi connectivity index (χ0) is 22.6. The number of hydrogen-bond acceptors (Lipinski definition) is 5. The summed E-state index contributed by atoms with van der Waals surface area (Å²) in [6.07, 6.45) is 5.29. The zero-order valence-corrected chi connectivity index (χ0v) is 19.5. The first-order chi connectivity index (χ1) is 14.7. The summed E-state index contributed by atoms with van der Waals surface area (Å²) in [4.78, 5) is 24.7. The van der Waals surface area contributed by atoms with Gasteiger partial charge in [-0.1, -0.05) is 39.7 Å². The molecule has 0 radical (unpaired) electrons. The molecule has 0 spiro atoms. The standard InChI is InChI=1S/C23H34N2O5S/c1-16-11-17(2)14-25(13-16)31(28,29)20-9-6-8-19(12-20)23(27)30-15-22(26)24-21-10-5-4-7-18(21)3/h6,8-9,12,16-18,21H,4-5,7,10-11,13-15H2,1-3H3,(H,24,26). The molecule has 0 bridgehead atoms. The van der Waals surface area contributed by atoms with Crippen molar-refractivity contribution in [2.75, 3.05) is 19.7 Å². The number of esters is 1. The molecule has 1 aliphatic carbocycles. The SMILES string of the molecule is CC1CC(C)CN(S(=O)(=O)c2cccc(C(=O)OCC(=O)NC3CCCCC3C)c2)C1. The Balaban J connectivity index is 1.61. The highest BCUT2D eigenvalue weighted by Gasteiger charge is 2.32. The summed E-state index contributed by atoms with van der Waals surface area (Å²) in [6, 6.07) is 5.98. The summed E-state index contributed by atoms with van der Waals surface area (Å²) < 4.78 is 32.8. The molecule has 4 atom stereocenters. The van der Waals surface area contributed by atoms with E-state index in [4.69, 9.17) is 4.74 Å². The average molecular weight is 451 g/mol. The summed E-state index contributed by atoms with van der Waals surface area (Å²) >= 11 is 0. The summed E-state index contributed by atoms with van der Waals surface area (Å²) in [5, 5.41) is 2.94.